The van der Waals surface area contributed by atoms with Gasteiger partial charge in [0.05, 0.1) is 12.2 Å². The Morgan fingerprint density at radius 2 is 2.05 bits per heavy atom. The van der Waals surface area contributed by atoms with E-state index >= 15 is 0 Å². The Balaban J connectivity index is 1.77. The average molecular weight is 275 g/mol. The van der Waals surface area contributed by atoms with Gasteiger partial charge in [-0.3, -0.25) is 0 Å². The lowest BCUT2D eigenvalue weighted by atomic mass is 9.99. The zero-order valence-electron chi connectivity index (χ0n) is 12.4. The lowest BCUT2D eigenvalue weighted by Crippen LogP contribution is -2.24. The number of unbranched alkanes of at least 4 members (excludes halogenated alkanes) is 4. The molecule has 1 aliphatic heterocycles. The lowest BCUT2D eigenvalue weighted by molar-refractivity contribution is 0.0497. The Kier molecular flexibility index (Phi) is 6.06. The van der Waals surface area contributed by atoms with Gasteiger partial charge in [0.25, 0.3) is 0 Å². The van der Waals surface area contributed by atoms with Crippen LogP contribution in [0.2, 0.25) is 0 Å². The maximum atomic E-state index is 12.0. The highest BCUT2D eigenvalue weighted by Gasteiger charge is 2.13. The van der Waals surface area contributed by atoms with E-state index in [9.17, 15) is 4.79 Å². The third-order valence-corrected chi connectivity index (χ3v) is 3.81. The van der Waals surface area contributed by atoms with Crippen molar-refractivity contribution < 1.29 is 9.53 Å². The van der Waals surface area contributed by atoms with Crippen LogP contribution in [-0.4, -0.2) is 19.1 Å². The number of esters is 1. The Labute approximate surface area is 121 Å². The average Bonchev–Trinajstić information content (AvgIpc) is 2.50. The van der Waals surface area contributed by atoms with Crippen molar-refractivity contribution >= 4 is 5.97 Å². The standard InChI is InChI=1S/C17H25NO2/c1-2-3-4-5-6-11-20-17(19)15-8-7-14-9-10-18-13-16(14)12-15/h7-8,12,18H,2-6,9-11,13H2,1H3. The molecule has 0 saturated carbocycles. The highest BCUT2D eigenvalue weighted by molar-refractivity contribution is 5.89. The van der Waals surface area contributed by atoms with Gasteiger partial charge in [0, 0.05) is 6.54 Å². The molecule has 110 valence electrons. The monoisotopic (exact) mass is 275 g/mol. The fourth-order valence-electron chi connectivity index (χ4n) is 2.56. The van der Waals surface area contributed by atoms with Crippen LogP contribution in [0.5, 0.6) is 0 Å². The molecule has 1 aromatic rings. The number of rotatable bonds is 7. The molecule has 0 amide bonds. The molecule has 1 aromatic carbocycles. The maximum Gasteiger partial charge on any atom is 0.338 e. The van der Waals surface area contributed by atoms with E-state index in [-0.39, 0.29) is 5.97 Å². The first-order chi connectivity index (χ1) is 9.81. The molecule has 0 radical (unpaired) electrons. The van der Waals surface area contributed by atoms with E-state index in [1.807, 2.05) is 12.1 Å². The molecule has 0 fully saturated rings. The molecule has 3 heteroatoms. The first-order valence-electron chi connectivity index (χ1n) is 7.81. The second-order valence-electron chi connectivity index (χ2n) is 5.46. The first kappa shape index (κ1) is 15.0. The van der Waals surface area contributed by atoms with E-state index in [1.54, 1.807) is 0 Å². The fraction of sp³-hybridized carbons (Fsp3) is 0.588. The van der Waals surface area contributed by atoms with Gasteiger partial charge in [0.15, 0.2) is 0 Å². The molecular formula is C17H25NO2. The van der Waals surface area contributed by atoms with Crippen LogP contribution in [-0.2, 0) is 17.7 Å². The van der Waals surface area contributed by atoms with Crippen molar-refractivity contribution in [1.82, 2.24) is 5.32 Å². The number of hydrogen-bond donors (Lipinski definition) is 1. The molecule has 1 heterocycles. The van der Waals surface area contributed by atoms with Crippen LogP contribution in [0.3, 0.4) is 0 Å². The second-order valence-corrected chi connectivity index (χ2v) is 5.46. The van der Waals surface area contributed by atoms with E-state index < -0.39 is 0 Å². The Morgan fingerprint density at radius 3 is 2.90 bits per heavy atom. The second kappa shape index (κ2) is 8.05. The largest absolute Gasteiger partial charge is 0.462 e. The van der Waals surface area contributed by atoms with Gasteiger partial charge in [-0.25, -0.2) is 4.79 Å². The first-order valence-corrected chi connectivity index (χ1v) is 7.81. The summed E-state index contributed by atoms with van der Waals surface area (Å²) < 4.78 is 5.34. The third-order valence-electron chi connectivity index (χ3n) is 3.81. The minimum atomic E-state index is -0.186. The van der Waals surface area contributed by atoms with Crippen LogP contribution in [0.25, 0.3) is 0 Å². The molecule has 0 atom stereocenters. The molecule has 3 nitrogen and oxygen atoms in total. The summed E-state index contributed by atoms with van der Waals surface area (Å²) in [6.07, 6.45) is 6.91. The highest BCUT2D eigenvalue weighted by atomic mass is 16.5. The predicted octanol–water partition coefficient (Wildman–Crippen LogP) is 3.46. The van der Waals surface area contributed by atoms with Crippen LogP contribution < -0.4 is 5.32 Å². The zero-order valence-corrected chi connectivity index (χ0v) is 12.4. The third kappa shape index (κ3) is 4.34. The molecule has 0 unspecified atom stereocenters. The molecule has 20 heavy (non-hydrogen) atoms. The molecule has 0 aliphatic carbocycles. The quantitative estimate of drug-likeness (QED) is 0.612. The van der Waals surface area contributed by atoms with Gasteiger partial charge in [-0.1, -0.05) is 38.7 Å². The maximum absolute atomic E-state index is 12.0. The van der Waals surface area contributed by atoms with Crippen molar-refractivity contribution in [3.05, 3.63) is 34.9 Å². The number of hydrogen-bond acceptors (Lipinski definition) is 3. The van der Waals surface area contributed by atoms with Crippen molar-refractivity contribution in [3.63, 3.8) is 0 Å². The molecular weight excluding hydrogens is 250 g/mol. The van der Waals surface area contributed by atoms with Crippen LogP contribution in [0.4, 0.5) is 0 Å². The van der Waals surface area contributed by atoms with Crippen LogP contribution in [0.15, 0.2) is 18.2 Å². The smallest absolute Gasteiger partial charge is 0.338 e. The molecule has 2 rings (SSSR count). The van der Waals surface area contributed by atoms with Crippen LogP contribution in [0.1, 0.15) is 60.5 Å². The fourth-order valence-corrected chi connectivity index (χ4v) is 2.56. The van der Waals surface area contributed by atoms with Gasteiger partial charge >= 0.3 is 5.97 Å². The lowest BCUT2D eigenvalue weighted by Gasteiger charge is -2.17. The van der Waals surface area contributed by atoms with Gasteiger partial charge < -0.3 is 10.1 Å². The summed E-state index contributed by atoms with van der Waals surface area (Å²) in [6, 6.07) is 5.93. The Morgan fingerprint density at radius 1 is 1.20 bits per heavy atom. The zero-order chi connectivity index (χ0) is 14.2. The number of ether oxygens (including phenoxy) is 1. The molecule has 1 N–H and O–H groups in total. The summed E-state index contributed by atoms with van der Waals surface area (Å²) in [7, 11) is 0. The van der Waals surface area contributed by atoms with Crippen molar-refractivity contribution in [1.29, 1.82) is 0 Å². The van der Waals surface area contributed by atoms with E-state index in [2.05, 4.69) is 18.3 Å². The minimum absolute atomic E-state index is 0.186. The number of benzene rings is 1. The van der Waals surface area contributed by atoms with Gasteiger partial charge in [0.2, 0.25) is 0 Å². The van der Waals surface area contributed by atoms with E-state index in [1.165, 1.54) is 30.4 Å². The number of carbonyl (C=O) groups is 1. The molecule has 1 aliphatic rings. The number of carbonyl (C=O) groups excluding carboxylic acids is 1. The molecule has 0 aromatic heterocycles. The van der Waals surface area contributed by atoms with Gasteiger partial charge in [0.1, 0.15) is 0 Å². The van der Waals surface area contributed by atoms with E-state index in [0.717, 1.165) is 32.4 Å². The van der Waals surface area contributed by atoms with Gasteiger partial charge in [-0.15, -0.1) is 0 Å². The van der Waals surface area contributed by atoms with Crippen molar-refractivity contribution in [2.24, 2.45) is 0 Å². The van der Waals surface area contributed by atoms with Gasteiger partial charge in [-0.05, 0) is 42.6 Å². The molecule has 0 saturated heterocycles. The summed E-state index contributed by atoms with van der Waals surface area (Å²) in [4.78, 5) is 12.0. The predicted molar refractivity (Wildman–Crippen MR) is 80.9 cm³/mol. The molecule has 0 spiro atoms. The summed E-state index contributed by atoms with van der Waals surface area (Å²) in [5, 5.41) is 3.33. The Bertz CT molecular complexity index is 443. The summed E-state index contributed by atoms with van der Waals surface area (Å²) in [6.45, 7) is 4.62. The summed E-state index contributed by atoms with van der Waals surface area (Å²) in [5.41, 5.74) is 3.26. The van der Waals surface area contributed by atoms with Crippen LogP contribution in [0, 0.1) is 0 Å². The summed E-state index contributed by atoms with van der Waals surface area (Å²) in [5.74, 6) is -0.186. The normalized spacial score (nSPS) is 13.8. The van der Waals surface area contributed by atoms with E-state index in [4.69, 9.17) is 4.74 Å². The summed E-state index contributed by atoms with van der Waals surface area (Å²) >= 11 is 0. The van der Waals surface area contributed by atoms with Gasteiger partial charge in [-0.2, -0.15) is 0 Å². The topological polar surface area (TPSA) is 38.3 Å². The highest BCUT2D eigenvalue weighted by Crippen LogP contribution is 2.16. The van der Waals surface area contributed by atoms with Crippen molar-refractivity contribution in [3.8, 4) is 0 Å². The van der Waals surface area contributed by atoms with Crippen molar-refractivity contribution in [2.75, 3.05) is 13.2 Å². The number of fused-ring (bicyclic) bond motifs is 1. The van der Waals surface area contributed by atoms with Crippen LogP contribution >= 0.6 is 0 Å². The van der Waals surface area contributed by atoms with Crippen molar-refractivity contribution in [2.45, 2.75) is 52.0 Å². The van der Waals surface area contributed by atoms with E-state index in [0.29, 0.717) is 12.2 Å². The Hall–Kier alpha value is -1.35. The molecule has 0 bridgehead atoms. The SMILES string of the molecule is CCCCCCCOC(=O)c1ccc2c(c1)CNCC2. The number of nitrogens with one attached hydrogen (secondary N) is 1. The minimum Gasteiger partial charge on any atom is -0.462 e.